The van der Waals surface area contributed by atoms with Crippen LogP contribution in [0.4, 0.5) is 0 Å². The molecule has 2 unspecified atom stereocenters. The molecule has 2 aromatic heterocycles. The van der Waals surface area contributed by atoms with E-state index in [4.69, 9.17) is 19.2 Å². The SMILES string of the molecule is COc1ccc(CN(CCc2c[nH]c3ccccc23)Cc2nc(C(=O)N3CC(C)OC(C)C3)cs2)c(OC)c1. The summed E-state index contributed by atoms with van der Waals surface area (Å²) >= 11 is 1.54. The van der Waals surface area contributed by atoms with Crippen LogP contribution < -0.4 is 9.47 Å². The van der Waals surface area contributed by atoms with Crippen LogP contribution in [0.25, 0.3) is 10.9 Å². The number of fused-ring (bicyclic) bond motifs is 1. The van der Waals surface area contributed by atoms with E-state index >= 15 is 0 Å². The molecule has 1 aliphatic rings. The number of aromatic nitrogens is 2. The number of ether oxygens (including phenoxy) is 3. The molecule has 5 rings (SSSR count). The summed E-state index contributed by atoms with van der Waals surface area (Å²) in [5.74, 6) is 1.52. The van der Waals surface area contributed by atoms with Crippen molar-refractivity contribution in [3.05, 3.63) is 75.9 Å². The molecule has 8 nitrogen and oxygen atoms in total. The van der Waals surface area contributed by atoms with Gasteiger partial charge in [-0.05, 0) is 38.0 Å². The summed E-state index contributed by atoms with van der Waals surface area (Å²) in [5, 5.41) is 4.04. The van der Waals surface area contributed by atoms with E-state index in [2.05, 4.69) is 34.3 Å². The van der Waals surface area contributed by atoms with Gasteiger partial charge in [0.05, 0.1) is 33.0 Å². The van der Waals surface area contributed by atoms with E-state index in [1.807, 2.05) is 48.4 Å². The summed E-state index contributed by atoms with van der Waals surface area (Å²) in [5.41, 5.74) is 4.00. The Labute approximate surface area is 233 Å². The number of rotatable bonds is 10. The molecule has 2 aromatic carbocycles. The van der Waals surface area contributed by atoms with Crippen LogP contribution in [0.5, 0.6) is 11.5 Å². The largest absolute Gasteiger partial charge is 0.497 e. The standard InChI is InChI=1S/C30H36N4O4S/c1-20-15-34(16-21(2)38-20)30(35)27-19-39-29(32-27)18-33(17-23-9-10-24(36-3)13-28(23)37-4)12-11-22-14-31-26-8-6-5-7-25(22)26/h5-10,13-14,19-21,31H,11-12,15-18H2,1-4H3. The molecule has 1 saturated heterocycles. The molecule has 1 amide bonds. The average Bonchev–Trinajstić information content (AvgIpc) is 3.58. The molecule has 0 spiro atoms. The van der Waals surface area contributed by atoms with Gasteiger partial charge in [-0.3, -0.25) is 9.69 Å². The molecule has 0 aliphatic carbocycles. The minimum Gasteiger partial charge on any atom is -0.497 e. The number of methoxy groups -OCH3 is 2. The van der Waals surface area contributed by atoms with Gasteiger partial charge in [-0.2, -0.15) is 0 Å². The lowest BCUT2D eigenvalue weighted by Crippen LogP contribution is -2.48. The number of H-pyrrole nitrogens is 1. The third-order valence-corrected chi connectivity index (χ3v) is 7.93. The van der Waals surface area contributed by atoms with Crippen LogP contribution in [-0.4, -0.2) is 71.7 Å². The summed E-state index contributed by atoms with van der Waals surface area (Å²) in [6, 6.07) is 14.3. The van der Waals surface area contributed by atoms with E-state index in [-0.39, 0.29) is 18.1 Å². The Morgan fingerprint density at radius 2 is 1.90 bits per heavy atom. The highest BCUT2D eigenvalue weighted by molar-refractivity contribution is 7.09. The molecule has 206 valence electrons. The lowest BCUT2D eigenvalue weighted by molar-refractivity contribution is -0.0587. The number of amides is 1. The number of carbonyl (C=O) groups is 1. The number of nitrogens with one attached hydrogen (secondary N) is 1. The van der Waals surface area contributed by atoms with Crippen molar-refractivity contribution >= 4 is 28.1 Å². The maximum atomic E-state index is 13.2. The van der Waals surface area contributed by atoms with Crippen molar-refractivity contribution in [2.24, 2.45) is 0 Å². The van der Waals surface area contributed by atoms with E-state index < -0.39 is 0 Å². The first-order chi connectivity index (χ1) is 18.9. The summed E-state index contributed by atoms with van der Waals surface area (Å²) < 4.78 is 16.9. The normalized spacial score (nSPS) is 17.6. The number of hydrogen-bond donors (Lipinski definition) is 1. The lowest BCUT2D eigenvalue weighted by atomic mass is 10.1. The highest BCUT2D eigenvalue weighted by Gasteiger charge is 2.28. The van der Waals surface area contributed by atoms with Gasteiger partial charge in [-0.1, -0.05) is 24.3 Å². The number of carbonyl (C=O) groups excluding carboxylic acids is 1. The zero-order chi connectivity index (χ0) is 27.4. The molecule has 0 bridgehead atoms. The number of benzene rings is 2. The van der Waals surface area contributed by atoms with E-state index in [0.717, 1.165) is 40.6 Å². The molecule has 2 atom stereocenters. The van der Waals surface area contributed by atoms with Crippen molar-refractivity contribution in [2.45, 2.75) is 45.6 Å². The van der Waals surface area contributed by atoms with Crippen LogP contribution in [0.1, 0.15) is 40.5 Å². The van der Waals surface area contributed by atoms with Gasteiger partial charge < -0.3 is 24.1 Å². The van der Waals surface area contributed by atoms with Crippen molar-refractivity contribution in [3.8, 4) is 11.5 Å². The van der Waals surface area contributed by atoms with E-state index in [1.54, 1.807) is 14.2 Å². The van der Waals surface area contributed by atoms with Crippen LogP contribution in [0, 0.1) is 0 Å². The van der Waals surface area contributed by atoms with Gasteiger partial charge in [0.25, 0.3) is 5.91 Å². The molecule has 1 aliphatic heterocycles. The van der Waals surface area contributed by atoms with Crippen molar-refractivity contribution < 1.29 is 19.0 Å². The summed E-state index contributed by atoms with van der Waals surface area (Å²) in [6.07, 6.45) is 3.02. The Hall–Kier alpha value is -3.40. The first-order valence-electron chi connectivity index (χ1n) is 13.3. The number of nitrogens with zero attached hydrogens (tertiary/aromatic N) is 3. The molecule has 3 heterocycles. The summed E-state index contributed by atoms with van der Waals surface area (Å²) in [7, 11) is 3.34. The highest BCUT2D eigenvalue weighted by Crippen LogP contribution is 2.27. The van der Waals surface area contributed by atoms with Gasteiger partial charge >= 0.3 is 0 Å². The fourth-order valence-electron chi connectivity index (χ4n) is 5.23. The molecule has 9 heteroatoms. The number of thiazole rings is 1. The second kappa shape index (κ2) is 12.2. The predicted molar refractivity (Wildman–Crippen MR) is 154 cm³/mol. The quantitative estimate of drug-likeness (QED) is 0.296. The summed E-state index contributed by atoms with van der Waals surface area (Å²) in [4.78, 5) is 25.6. The number of aromatic amines is 1. The van der Waals surface area contributed by atoms with Crippen LogP contribution in [-0.2, 0) is 24.2 Å². The van der Waals surface area contributed by atoms with Crippen LogP contribution in [0.15, 0.2) is 54.0 Å². The first kappa shape index (κ1) is 27.2. The molecular weight excluding hydrogens is 512 g/mol. The number of morpholine rings is 1. The lowest BCUT2D eigenvalue weighted by Gasteiger charge is -2.34. The Morgan fingerprint density at radius 3 is 2.67 bits per heavy atom. The monoisotopic (exact) mass is 548 g/mol. The van der Waals surface area contributed by atoms with Crippen LogP contribution in [0.2, 0.25) is 0 Å². The fourth-order valence-corrected chi connectivity index (χ4v) is 6.04. The van der Waals surface area contributed by atoms with E-state index in [9.17, 15) is 4.79 Å². The minimum absolute atomic E-state index is 0.0234. The van der Waals surface area contributed by atoms with Crippen molar-refractivity contribution in [3.63, 3.8) is 0 Å². The molecule has 1 N–H and O–H groups in total. The van der Waals surface area contributed by atoms with Gasteiger partial charge in [0.2, 0.25) is 0 Å². The Bertz CT molecular complexity index is 1410. The number of para-hydroxylation sites is 1. The van der Waals surface area contributed by atoms with Crippen molar-refractivity contribution in [2.75, 3.05) is 33.9 Å². The maximum Gasteiger partial charge on any atom is 0.273 e. The third kappa shape index (κ3) is 6.43. The van der Waals surface area contributed by atoms with Crippen molar-refractivity contribution in [1.29, 1.82) is 0 Å². The molecule has 0 radical (unpaired) electrons. The molecular formula is C30H36N4O4S. The van der Waals surface area contributed by atoms with Gasteiger partial charge in [-0.15, -0.1) is 11.3 Å². The van der Waals surface area contributed by atoms with Gasteiger partial charge in [0, 0.05) is 60.3 Å². The second-order valence-electron chi connectivity index (χ2n) is 10.1. The second-order valence-corrected chi connectivity index (χ2v) is 11.0. The van der Waals surface area contributed by atoms with Crippen molar-refractivity contribution in [1.82, 2.24) is 19.8 Å². The highest BCUT2D eigenvalue weighted by atomic mass is 32.1. The topological polar surface area (TPSA) is 79.9 Å². The molecule has 4 aromatic rings. The molecule has 0 saturated carbocycles. The molecule has 39 heavy (non-hydrogen) atoms. The predicted octanol–water partition coefficient (Wildman–Crippen LogP) is 5.14. The van der Waals surface area contributed by atoms with Gasteiger partial charge in [-0.25, -0.2) is 4.98 Å². The van der Waals surface area contributed by atoms with E-state index in [0.29, 0.717) is 31.9 Å². The average molecular weight is 549 g/mol. The smallest absolute Gasteiger partial charge is 0.273 e. The first-order valence-corrected chi connectivity index (χ1v) is 14.2. The summed E-state index contributed by atoms with van der Waals surface area (Å²) in [6.45, 7) is 7.30. The van der Waals surface area contributed by atoms with Gasteiger partial charge in [0.1, 0.15) is 22.2 Å². The Balaban J connectivity index is 1.34. The fraction of sp³-hybridized carbons (Fsp3) is 0.400. The zero-order valence-corrected chi connectivity index (χ0v) is 23.8. The maximum absolute atomic E-state index is 13.2. The van der Waals surface area contributed by atoms with Crippen LogP contribution >= 0.6 is 11.3 Å². The number of hydrogen-bond acceptors (Lipinski definition) is 7. The van der Waals surface area contributed by atoms with E-state index in [1.165, 1.54) is 22.3 Å². The third-order valence-electron chi connectivity index (χ3n) is 7.10. The zero-order valence-electron chi connectivity index (χ0n) is 23.0. The van der Waals surface area contributed by atoms with Gasteiger partial charge in [0.15, 0.2) is 0 Å². The van der Waals surface area contributed by atoms with Crippen LogP contribution in [0.3, 0.4) is 0 Å². The Morgan fingerprint density at radius 1 is 1.10 bits per heavy atom. The Kier molecular flexibility index (Phi) is 8.50. The minimum atomic E-state index is -0.0262. The molecule has 1 fully saturated rings.